The van der Waals surface area contributed by atoms with Gasteiger partial charge in [0.05, 0.1) is 0 Å². The highest BCUT2D eigenvalue weighted by Crippen LogP contribution is 2.30. The van der Waals surface area contributed by atoms with Gasteiger partial charge in [-0.05, 0) is 25.7 Å². The molecule has 0 spiro atoms. The van der Waals surface area contributed by atoms with Gasteiger partial charge in [0, 0.05) is 37.5 Å². The van der Waals surface area contributed by atoms with Crippen LogP contribution < -0.4 is 5.32 Å². The molecule has 0 aliphatic rings. The Bertz CT molecular complexity index is 722. The average molecular weight is 340 g/mol. The molecule has 2 aromatic rings. The Morgan fingerprint density at radius 1 is 1.25 bits per heavy atom. The van der Waals surface area contributed by atoms with Crippen molar-refractivity contribution < 1.29 is 18.0 Å². The van der Waals surface area contributed by atoms with Gasteiger partial charge in [-0.25, -0.2) is 0 Å². The van der Waals surface area contributed by atoms with Crippen LogP contribution >= 0.6 is 0 Å². The van der Waals surface area contributed by atoms with E-state index in [-0.39, 0.29) is 12.1 Å². The molecule has 0 aliphatic heterocycles. The van der Waals surface area contributed by atoms with Gasteiger partial charge in [-0.15, -0.1) is 0 Å². The molecule has 1 amide bonds. The molecule has 0 unspecified atom stereocenters. The van der Waals surface area contributed by atoms with E-state index in [1.54, 1.807) is 12.1 Å². The minimum atomic E-state index is -4.55. The van der Waals surface area contributed by atoms with E-state index in [4.69, 9.17) is 0 Å². The lowest BCUT2D eigenvalue weighted by atomic mass is 10.1. The van der Waals surface area contributed by atoms with E-state index in [0.717, 1.165) is 10.2 Å². The second-order valence-electron chi connectivity index (χ2n) is 5.75. The number of rotatable bonds is 5. The number of aromatic nitrogens is 2. The Labute approximate surface area is 138 Å². The number of aryl methyl sites for hydroxylation is 1. The van der Waals surface area contributed by atoms with Crippen LogP contribution in [0.2, 0.25) is 0 Å². The van der Waals surface area contributed by atoms with Crippen molar-refractivity contribution in [3.63, 3.8) is 0 Å². The van der Waals surface area contributed by atoms with E-state index in [0.29, 0.717) is 12.1 Å². The summed E-state index contributed by atoms with van der Waals surface area (Å²) >= 11 is 0. The number of hydrogen-bond acceptors (Lipinski definition) is 3. The van der Waals surface area contributed by atoms with Gasteiger partial charge in [-0.2, -0.15) is 18.3 Å². The molecular weight excluding hydrogens is 321 g/mol. The minimum Gasteiger partial charge on any atom is -0.348 e. The number of carbonyl (C=O) groups excluding carboxylic acids is 1. The fraction of sp³-hybridized carbons (Fsp3) is 0.375. The molecule has 1 N–H and O–H groups in total. The second kappa shape index (κ2) is 7.04. The first-order valence-corrected chi connectivity index (χ1v) is 7.29. The van der Waals surface area contributed by atoms with E-state index in [1.807, 2.05) is 31.1 Å². The van der Waals surface area contributed by atoms with Gasteiger partial charge in [-0.3, -0.25) is 9.48 Å². The molecule has 24 heavy (non-hydrogen) atoms. The Balaban J connectivity index is 2.15. The lowest BCUT2D eigenvalue weighted by Crippen LogP contribution is -2.26. The summed E-state index contributed by atoms with van der Waals surface area (Å²) in [5.74, 6) is -0.413. The molecule has 1 aromatic heterocycles. The quantitative estimate of drug-likeness (QED) is 0.909. The third-order valence-electron chi connectivity index (χ3n) is 3.36. The van der Waals surface area contributed by atoms with E-state index >= 15 is 0 Å². The maximum absolute atomic E-state index is 12.9. The first-order chi connectivity index (χ1) is 11.2. The van der Waals surface area contributed by atoms with Crippen molar-refractivity contribution in [2.75, 3.05) is 14.1 Å². The highest BCUT2D eigenvalue weighted by molar-refractivity contribution is 5.95. The lowest BCUT2D eigenvalue weighted by molar-refractivity contribution is -0.142. The van der Waals surface area contributed by atoms with Crippen molar-refractivity contribution in [1.82, 2.24) is 20.0 Å². The molecule has 0 saturated carbocycles. The van der Waals surface area contributed by atoms with Crippen LogP contribution in [0, 0.1) is 0 Å². The fourth-order valence-electron chi connectivity index (χ4n) is 2.40. The van der Waals surface area contributed by atoms with Gasteiger partial charge in [-0.1, -0.05) is 18.2 Å². The predicted molar refractivity (Wildman–Crippen MR) is 83.2 cm³/mol. The maximum Gasteiger partial charge on any atom is 0.435 e. The standard InChI is InChI=1S/C16H19F3N4O/c1-22(2)9-11-6-4-5-7-13(11)15(24)20-8-12-10-23(3)21-14(12)16(17,18)19/h4-7,10H,8-9H2,1-3H3,(H,20,24). The van der Waals surface area contributed by atoms with Crippen LogP contribution in [-0.2, 0) is 26.3 Å². The molecule has 0 aliphatic carbocycles. The summed E-state index contributed by atoms with van der Waals surface area (Å²) in [5.41, 5.74) is 0.209. The van der Waals surface area contributed by atoms with Gasteiger partial charge in [0.15, 0.2) is 5.69 Å². The van der Waals surface area contributed by atoms with Crippen molar-refractivity contribution in [2.45, 2.75) is 19.3 Å². The molecule has 0 radical (unpaired) electrons. The van der Waals surface area contributed by atoms with E-state index in [2.05, 4.69) is 10.4 Å². The Morgan fingerprint density at radius 2 is 1.92 bits per heavy atom. The van der Waals surface area contributed by atoms with E-state index in [9.17, 15) is 18.0 Å². The second-order valence-corrected chi connectivity index (χ2v) is 5.75. The van der Waals surface area contributed by atoms with Crippen molar-refractivity contribution >= 4 is 5.91 Å². The fourth-order valence-corrected chi connectivity index (χ4v) is 2.40. The summed E-state index contributed by atoms with van der Waals surface area (Å²) in [6, 6.07) is 7.01. The van der Waals surface area contributed by atoms with Crippen LogP contribution in [-0.4, -0.2) is 34.7 Å². The molecule has 130 valence electrons. The van der Waals surface area contributed by atoms with Crippen molar-refractivity contribution in [3.8, 4) is 0 Å². The number of amides is 1. The molecule has 8 heteroatoms. The number of hydrogen-bond donors (Lipinski definition) is 1. The summed E-state index contributed by atoms with van der Waals surface area (Å²) in [7, 11) is 5.16. The number of carbonyl (C=O) groups is 1. The molecule has 0 bridgehead atoms. The summed E-state index contributed by atoms with van der Waals surface area (Å²) < 4.78 is 39.9. The molecule has 5 nitrogen and oxygen atoms in total. The topological polar surface area (TPSA) is 50.2 Å². The Morgan fingerprint density at radius 3 is 2.54 bits per heavy atom. The van der Waals surface area contributed by atoms with Crippen molar-refractivity contribution in [2.24, 2.45) is 7.05 Å². The first-order valence-electron chi connectivity index (χ1n) is 7.29. The van der Waals surface area contributed by atoms with Gasteiger partial charge in [0.25, 0.3) is 5.91 Å². The first kappa shape index (κ1) is 18.0. The van der Waals surface area contributed by atoms with Crippen LogP contribution in [0.3, 0.4) is 0 Å². The molecule has 0 saturated heterocycles. The third kappa shape index (κ3) is 4.35. The zero-order chi connectivity index (χ0) is 17.9. The summed E-state index contributed by atoms with van der Waals surface area (Å²) in [4.78, 5) is 14.3. The number of alkyl halides is 3. The molecule has 1 aromatic carbocycles. The molecule has 2 rings (SSSR count). The Hall–Kier alpha value is -2.35. The van der Waals surface area contributed by atoms with E-state index in [1.165, 1.54) is 13.2 Å². The summed E-state index contributed by atoms with van der Waals surface area (Å²) in [6.07, 6.45) is -3.29. The van der Waals surface area contributed by atoms with Crippen LogP contribution in [0.15, 0.2) is 30.5 Å². The number of nitrogens with one attached hydrogen (secondary N) is 1. The third-order valence-corrected chi connectivity index (χ3v) is 3.36. The Kier molecular flexibility index (Phi) is 5.28. The van der Waals surface area contributed by atoms with Crippen LogP contribution in [0.5, 0.6) is 0 Å². The van der Waals surface area contributed by atoms with E-state index < -0.39 is 17.8 Å². The molecular formula is C16H19F3N4O. The molecule has 0 fully saturated rings. The smallest absolute Gasteiger partial charge is 0.348 e. The normalized spacial score (nSPS) is 11.8. The summed E-state index contributed by atoms with van der Waals surface area (Å²) in [5, 5.41) is 5.97. The van der Waals surface area contributed by atoms with Crippen LogP contribution in [0.4, 0.5) is 13.2 Å². The van der Waals surface area contributed by atoms with Crippen molar-refractivity contribution in [1.29, 1.82) is 0 Å². The molecule has 1 heterocycles. The zero-order valence-corrected chi connectivity index (χ0v) is 13.7. The highest BCUT2D eigenvalue weighted by atomic mass is 19.4. The predicted octanol–water partition coefficient (Wildman–Crippen LogP) is 2.43. The van der Waals surface area contributed by atoms with Crippen LogP contribution in [0.25, 0.3) is 0 Å². The van der Waals surface area contributed by atoms with Crippen LogP contribution in [0.1, 0.15) is 27.2 Å². The average Bonchev–Trinajstić information content (AvgIpc) is 2.86. The van der Waals surface area contributed by atoms with Gasteiger partial charge >= 0.3 is 6.18 Å². The number of benzene rings is 1. The maximum atomic E-state index is 12.9. The number of nitrogens with zero attached hydrogens (tertiary/aromatic N) is 3. The van der Waals surface area contributed by atoms with Gasteiger partial charge in [0.1, 0.15) is 0 Å². The minimum absolute atomic E-state index is 0.0663. The summed E-state index contributed by atoms with van der Waals surface area (Å²) in [6.45, 7) is 0.322. The molecule has 0 atom stereocenters. The number of halogens is 3. The zero-order valence-electron chi connectivity index (χ0n) is 13.7. The lowest BCUT2D eigenvalue weighted by Gasteiger charge is -2.14. The SMILES string of the molecule is CN(C)Cc1ccccc1C(=O)NCc1cn(C)nc1C(F)(F)F. The van der Waals surface area contributed by atoms with Gasteiger partial charge in [0.2, 0.25) is 0 Å². The van der Waals surface area contributed by atoms with Gasteiger partial charge < -0.3 is 10.2 Å². The van der Waals surface area contributed by atoms with Crippen molar-refractivity contribution in [3.05, 3.63) is 52.8 Å². The largest absolute Gasteiger partial charge is 0.435 e. The monoisotopic (exact) mass is 340 g/mol. The highest BCUT2D eigenvalue weighted by Gasteiger charge is 2.36.